The van der Waals surface area contributed by atoms with Crippen molar-refractivity contribution in [3.05, 3.63) is 66.5 Å². The van der Waals surface area contributed by atoms with Gasteiger partial charge in [0, 0.05) is 25.9 Å². The van der Waals surface area contributed by atoms with Crippen LogP contribution in [-0.2, 0) is 17.8 Å². The molecule has 24 heavy (non-hydrogen) atoms. The molecule has 2 aromatic carbocycles. The molecule has 124 valence electrons. The van der Waals surface area contributed by atoms with Gasteiger partial charge < -0.3 is 15.0 Å². The van der Waals surface area contributed by atoms with Gasteiger partial charge in [0.05, 0.1) is 23.5 Å². The molecule has 3 rings (SSSR count). The first kappa shape index (κ1) is 16.2. The summed E-state index contributed by atoms with van der Waals surface area (Å²) in [4.78, 5) is 16.3. The van der Waals surface area contributed by atoms with Crippen molar-refractivity contribution in [1.29, 1.82) is 0 Å². The zero-order valence-corrected chi connectivity index (χ0v) is 13.4. The number of aromatic nitrogens is 2. The average molecular weight is 323 g/mol. The van der Waals surface area contributed by atoms with Crippen LogP contribution in [0.15, 0.2) is 60.9 Å². The Labute approximate surface area is 141 Å². The first-order chi connectivity index (χ1) is 11.7. The fourth-order valence-electron chi connectivity index (χ4n) is 2.69. The number of aliphatic hydroxyl groups excluding tert-OH is 1. The molecule has 1 aromatic heterocycles. The van der Waals surface area contributed by atoms with Crippen molar-refractivity contribution in [2.45, 2.75) is 25.5 Å². The molecule has 5 heteroatoms. The van der Waals surface area contributed by atoms with Crippen LogP contribution in [0.1, 0.15) is 12.0 Å². The summed E-state index contributed by atoms with van der Waals surface area (Å²) in [7, 11) is 0. The van der Waals surface area contributed by atoms with E-state index in [4.69, 9.17) is 0 Å². The number of para-hydroxylation sites is 2. The summed E-state index contributed by atoms with van der Waals surface area (Å²) >= 11 is 0. The molecular weight excluding hydrogens is 302 g/mol. The van der Waals surface area contributed by atoms with Gasteiger partial charge >= 0.3 is 0 Å². The van der Waals surface area contributed by atoms with Crippen molar-refractivity contribution < 1.29 is 9.90 Å². The van der Waals surface area contributed by atoms with Gasteiger partial charge in [-0.2, -0.15) is 0 Å². The second kappa shape index (κ2) is 7.75. The topological polar surface area (TPSA) is 67.2 Å². The molecule has 0 aliphatic rings. The van der Waals surface area contributed by atoms with Crippen molar-refractivity contribution in [3.8, 4) is 0 Å². The summed E-state index contributed by atoms with van der Waals surface area (Å²) in [5.74, 6) is -0.0695. The molecule has 0 saturated heterocycles. The van der Waals surface area contributed by atoms with Gasteiger partial charge in [0.25, 0.3) is 0 Å². The van der Waals surface area contributed by atoms with E-state index in [1.807, 2.05) is 59.2 Å². The number of aliphatic hydroxyl groups is 1. The average Bonchev–Trinajstić information content (AvgIpc) is 3.02. The molecule has 0 saturated carbocycles. The van der Waals surface area contributed by atoms with Crippen molar-refractivity contribution in [1.82, 2.24) is 14.9 Å². The molecule has 5 nitrogen and oxygen atoms in total. The van der Waals surface area contributed by atoms with E-state index in [9.17, 15) is 9.90 Å². The SMILES string of the molecule is O=C(CCn1cnc2ccccc21)NCC(O)Cc1ccccc1. The Bertz CT molecular complexity index is 798. The first-order valence-corrected chi connectivity index (χ1v) is 8.11. The van der Waals surface area contributed by atoms with Gasteiger partial charge in [-0.25, -0.2) is 4.98 Å². The lowest BCUT2D eigenvalue weighted by Gasteiger charge is -2.12. The largest absolute Gasteiger partial charge is 0.391 e. The molecule has 1 unspecified atom stereocenters. The fourth-order valence-corrected chi connectivity index (χ4v) is 2.69. The standard InChI is InChI=1S/C19H21N3O2/c23-16(12-15-6-2-1-3-7-15)13-20-19(24)10-11-22-14-21-17-8-4-5-9-18(17)22/h1-9,14,16,23H,10-13H2,(H,20,24). The Hall–Kier alpha value is -2.66. The highest BCUT2D eigenvalue weighted by Gasteiger charge is 2.09. The zero-order valence-electron chi connectivity index (χ0n) is 13.4. The Balaban J connectivity index is 1.44. The number of carbonyl (C=O) groups excluding carboxylic acids is 1. The van der Waals surface area contributed by atoms with E-state index in [2.05, 4.69) is 10.3 Å². The molecule has 0 aliphatic carbocycles. The molecule has 1 atom stereocenters. The molecular formula is C19H21N3O2. The highest BCUT2D eigenvalue weighted by Crippen LogP contribution is 2.12. The lowest BCUT2D eigenvalue weighted by molar-refractivity contribution is -0.121. The third-order valence-corrected chi connectivity index (χ3v) is 3.96. The minimum atomic E-state index is -0.578. The molecule has 1 heterocycles. The Morgan fingerprint density at radius 1 is 1.12 bits per heavy atom. The lowest BCUT2D eigenvalue weighted by Crippen LogP contribution is -2.33. The quantitative estimate of drug-likeness (QED) is 0.700. The smallest absolute Gasteiger partial charge is 0.221 e. The Kier molecular flexibility index (Phi) is 5.23. The lowest BCUT2D eigenvalue weighted by atomic mass is 10.1. The van der Waals surface area contributed by atoms with Crippen molar-refractivity contribution >= 4 is 16.9 Å². The Morgan fingerprint density at radius 2 is 1.88 bits per heavy atom. The molecule has 0 bridgehead atoms. The molecule has 0 fully saturated rings. The second-order valence-electron chi connectivity index (χ2n) is 5.82. The van der Waals surface area contributed by atoms with Crippen LogP contribution in [0, 0.1) is 0 Å². The van der Waals surface area contributed by atoms with Gasteiger partial charge in [0.2, 0.25) is 5.91 Å². The first-order valence-electron chi connectivity index (χ1n) is 8.11. The number of carbonyl (C=O) groups is 1. The molecule has 0 spiro atoms. The normalized spacial score (nSPS) is 12.2. The predicted molar refractivity (Wildman–Crippen MR) is 93.5 cm³/mol. The monoisotopic (exact) mass is 323 g/mol. The van der Waals surface area contributed by atoms with Crippen LogP contribution in [-0.4, -0.2) is 33.2 Å². The number of imidazole rings is 1. The van der Waals surface area contributed by atoms with Crippen LogP contribution in [0.5, 0.6) is 0 Å². The highest BCUT2D eigenvalue weighted by atomic mass is 16.3. The maximum Gasteiger partial charge on any atom is 0.221 e. The third kappa shape index (κ3) is 4.20. The van der Waals surface area contributed by atoms with Crippen LogP contribution < -0.4 is 5.32 Å². The van der Waals surface area contributed by atoms with E-state index in [1.165, 1.54) is 0 Å². The number of rotatable bonds is 7. The van der Waals surface area contributed by atoms with Gasteiger partial charge in [0.1, 0.15) is 0 Å². The van der Waals surface area contributed by atoms with Crippen molar-refractivity contribution in [2.75, 3.05) is 6.54 Å². The van der Waals surface area contributed by atoms with Crippen LogP contribution >= 0.6 is 0 Å². The van der Waals surface area contributed by atoms with E-state index < -0.39 is 6.10 Å². The van der Waals surface area contributed by atoms with E-state index in [0.717, 1.165) is 16.6 Å². The maximum atomic E-state index is 12.0. The minimum Gasteiger partial charge on any atom is -0.391 e. The number of nitrogens with zero attached hydrogens (tertiary/aromatic N) is 2. The number of fused-ring (bicyclic) bond motifs is 1. The summed E-state index contributed by atoms with van der Waals surface area (Å²) in [6.45, 7) is 0.833. The van der Waals surface area contributed by atoms with Gasteiger partial charge in [-0.05, 0) is 17.7 Å². The molecule has 1 amide bonds. The van der Waals surface area contributed by atoms with Crippen molar-refractivity contribution in [2.24, 2.45) is 0 Å². The fraction of sp³-hybridized carbons (Fsp3) is 0.263. The number of hydrogen-bond acceptors (Lipinski definition) is 3. The van der Waals surface area contributed by atoms with Crippen LogP contribution in [0.25, 0.3) is 11.0 Å². The predicted octanol–water partition coefficient (Wildman–Crippen LogP) is 2.15. The Morgan fingerprint density at radius 3 is 2.71 bits per heavy atom. The van der Waals surface area contributed by atoms with E-state index in [-0.39, 0.29) is 12.5 Å². The highest BCUT2D eigenvalue weighted by molar-refractivity contribution is 5.77. The summed E-state index contributed by atoms with van der Waals surface area (Å²) < 4.78 is 1.97. The van der Waals surface area contributed by atoms with Gasteiger partial charge in [-0.3, -0.25) is 4.79 Å². The van der Waals surface area contributed by atoms with Gasteiger partial charge in [-0.1, -0.05) is 42.5 Å². The van der Waals surface area contributed by atoms with Gasteiger partial charge in [-0.15, -0.1) is 0 Å². The summed E-state index contributed by atoms with van der Waals surface area (Å²) in [5.41, 5.74) is 3.01. The van der Waals surface area contributed by atoms with E-state index in [0.29, 0.717) is 19.4 Å². The van der Waals surface area contributed by atoms with Crippen LogP contribution in [0.2, 0.25) is 0 Å². The third-order valence-electron chi connectivity index (χ3n) is 3.96. The van der Waals surface area contributed by atoms with Crippen LogP contribution in [0.3, 0.4) is 0 Å². The maximum absolute atomic E-state index is 12.0. The van der Waals surface area contributed by atoms with Gasteiger partial charge in [0.15, 0.2) is 0 Å². The zero-order chi connectivity index (χ0) is 16.8. The van der Waals surface area contributed by atoms with Crippen LogP contribution in [0.4, 0.5) is 0 Å². The number of hydrogen-bond donors (Lipinski definition) is 2. The summed E-state index contributed by atoms with van der Waals surface area (Å²) in [5, 5.41) is 12.8. The molecule has 3 aromatic rings. The summed E-state index contributed by atoms with van der Waals surface area (Å²) in [6.07, 6.45) is 2.07. The number of aryl methyl sites for hydroxylation is 1. The molecule has 0 aliphatic heterocycles. The molecule has 0 radical (unpaired) electrons. The summed E-state index contributed by atoms with van der Waals surface area (Å²) in [6, 6.07) is 17.6. The second-order valence-corrected chi connectivity index (χ2v) is 5.82. The van der Waals surface area contributed by atoms with E-state index >= 15 is 0 Å². The molecule has 2 N–H and O–H groups in total. The number of nitrogens with one attached hydrogen (secondary N) is 1. The van der Waals surface area contributed by atoms with E-state index in [1.54, 1.807) is 6.33 Å². The number of amides is 1. The number of benzene rings is 2. The minimum absolute atomic E-state index is 0.0695. The van der Waals surface area contributed by atoms with Crippen molar-refractivity contribution in [3.63, 3.8) is 0 Å².